The first-order valence-corrected chi connectivity index (χ1v) is 6.41. The number of nitrogens with one attached hydrogen (secondary N) is 1. The molecular formula is C15H19N3O2. The fourth-order valence-electron chi connectivity index (χ4n) is 1.86. The van der Waals surface area contributed by atoms with Crippen LogP contribution in [0.25, 0.3) is 10.8 Å². The number of carbonyl (C=O) groups is 1. The van der Waals surface area contributed by atoms with Gasteiger partial charge in [-0.1, -0.05) is 24.3 Å². The van der Waals surface area contributed by atoms with Crippen LogP contribution < -0.4 is 11.1 Å². The quantitative estimate of drug-likeness (QED) is 0.893. The number of ether oxygens (including phenoxy) is 1. The van der Waals surface area contributed by atoms with Crippen LogP contribution in [0.1, 0.15) is 24.2 Å². The van der Waals surface area contributed by atoms with Crippen molar-refractivity contribution in [3.8, 4) is 0 Å². The van der Waals surface area contributed by atoms with E-state index in [1.54, 1.807) is 7.11 Å². The Hall–Kier alpha value is -2.14. The van der Waals surface area contributed by atoms with Gasteiger partial charge in [0.1, 0.15) is 5.82 Å². The number of nitrogens with two attached hydrogens (primary N) is 1. The Balaban J connectivity index is 2.29. The first-order chi connectivity index (χ1) is 9.44. The maximum atomic E-state index is 12.3. The van der Waals surface area contributed by atoms with E-state index in [4.69, 9.17) is 10.5 Å². The number of hydrogen-bond donors (Lipinski definition) is 2. The minimum atomic E-state index is -0.410. The number of methoxy groups -OCH3 is 1. The molecule has 1 heterocycles. The summed E-state index contributed by atoms with van der Waals surface area (Å²) < 4.78 is 5.28. The van der Waals surface area contributed by atoms with Crippen molar-refractivity contribution in [2.75, 3.05) is 19.4 Å². The van der Waals surface area contributed by atoms with Crippen LogP contribution in [0.5, 0.6) is 0 Å². The van der Waals surface area contributed by atoms with Crippen LogP contribution in [0.3, 0.4) is 0 Å². The van der Waals surface area contributed by atoms with Gasteiger partial charge in [0, 0.05) is 25.2 Å². The lowest BCUT2D eigenvalue weighted by atomic mass is 10.1. The van der Waals surface area contributed by atoms with Gasteiger partial charge in [0.25, 0.3) is 5.91 Å². The molecule has 0 saturated carbocycles. The van der Waals surface area contributed by atoms with Gasteiger partial charge in [0.15, 0.2) is 0 Å². The number of anilines is 1. The van der Waals surface area contributed by atoms with E-state index in [1.165, 1.54) is 6.20 Å². The Bertz CT molecular complexity index is 638. The second-order valence-corrected chi connectivity index (χ2v) is 5.25. The number of fused-ring (bicyclic) bond motifs is 1. The monoisotopic (exact) mass is 273 g/mol. The zero-order valence-electron chi connectivity index (χ0n) is 11.9. The fourth-order valence-corrected chi connectivity index (χ4v) is 1.86. The highest BCUT2D eigenvalue weighted by atomic mass is 16.5. The van der Waals surface area contributed by atoms with Gasteiger partial charge in [-0.25, -0.2) is 4.98 Å². The summed E-state index contributed by atoms with van der Waals surface area (Å²) in [5.41, 5.74) is 5.93. The standard InChI is InChI=1S/C15H19N3O2/c1-15(2,20-3)9-18-14(19)12-8-17-13(16)11-7-5-4-6-10(11)12/h4-8H,9H2,1-3H3,(H2,16,17)(H,18,19). The predicted octanol–water partition coefficient (Wildman–Crippen LogP) is 1.97. The number of pyridine rings is 1. The van der Waals surface area contributed by atoms with Crippen LogP contribution >= 0.6 is 0 Å². The first kappa shape index (κ1) is 14.3. The van der Waals surface area contributed by atoms with Crippen molar-refractivity contribution in [2.45, 2.75) is 19.4 Å². The van der Waals surface area contributed by atoms with Gasteiger partial charge < -0.3 is 15.8 Å². The van der Waals surface area contributed by atoms with Crippen LogP contribution in [-0.4, -0.2) is 30.1 Å². The Morgan fingerprint density at radius 2 is 2.00 bits per heavy atom. The molecule has 0 atom stereocenters. The number of benzene rings is 1. The molecule has 0 aliphatic heterocycles. The van der Waals surface area contributed by atoms with Crippen molar-refractivity contribution < 1.29 is 9.53 Å². The van der Waals surface area contributed by atoms with Crippen LogP contribution in [0.4, 0.5) is 5.82 Å². The number of hydrogen-bond acceptors (Lipinski definition) is 4. The van der Waals surface area contributed by atoms with Gasteiger partial charge in [0.2, 0.25) is 0 Å². The number of nitrogen functional groups attached to an aromatic ring is 1. The molecule has 3 N–H and O–H groups in total. The zero-order valence-corrected chi connectivity index (χ0v) is 11.9. The number of rotatable bonds is 4. The van der Waals surface area contributed by atoms with E-state index in [9.17, 15) is 4.79 Å². The van der Waals surface area contributed by atoms with Gasteiger partial charge in [-0.3, -0.25) is 4.79 Å². The molecule has 0 aliphatic rings. The Morgan fingerprint density at radius 3 is 2.65 bits per heavy atom. The molecule has 0 unspecified atom stereocenters. The van der Waals surface area contributed by atoms with Gasteiger partial charge in [0.05, 0.1) is 11.2 Å². The maximum absolute atomic E-state index is 12.3. The number of carbonyl (C=O) groups excluding carboxylic acids is 1. The van der Waals surface area contributed by atoms with E-state index in [2.05, 4.69) is 10.3 Å². The third-order valence-electron chi connectivity index (χ3n) is 3.30. The lowest BCUT2D eigenvalue weighted by molar-refractivity contribution is 0.0229. The highest BCUT2D eigenvalue weighted by molar-refractivity contribution is 6.08. The van der Waals surface area contributed by atoms with Crippen LogP contribution in [-0.2, 0) is 4.74 Å². The molecule has 0 saturated heterocycles. The van der Waals surface area contributed by atoms with Crippen LogP contribution in [0.2, 0.25) is 0 Å². The van der Waals surface area contributed by atoms with Gasteiger partial charge >= 0.3 is 0 Å². The molecular weight excluding hydrogens is 254 g/mol. The van der Waals surface area contributed by atoms with Crippen molar-refractivity contribution >= 4 is 22.5 Å². The average Bonchev–Trinajstić information content (AvgIpc) is 2.46. The number of amides is 1. The largest absolute Gasteiger partial charge is 0.383 e. The molecule has 20 heavy (non-hydrogen) atoms. The Kier molecular flexibility index (Phi) is 3.90. The molecule has 5 heteroatoms. The van der Waals surface area contributed by atoms with Crippen molar-refractivity contribution in [2.24, 2.45) is 0 Å². The lowest BCUT2D eigenvalue weighted by Gasteiger charge is -2.23. The summed E-state index contributed by atoms with van der Waals surface area (Å²) >= 11 is 0. The fraction of sp³-hybridized carbons (Fsp3) is 0.333. The summed E-state index contributed by atoms with van der Waals surface area (Å²) in [4.78, 5) is 16.4. The molecule has 0 fully saturated rings. The average molecular weight is 273 g/mol. The minimum absolute atomic E-state index is 0.182. The van der Waals surface area contributed by atoms with E-state index in [0.717, 1.165) is 10.8 Å². The summed E-state index contributed by atoms with van der Waals surface area (Å²) in [5, 5.41) is 4.44. The summed E-state index contributed by atoms with van der Waals surface area (Å²) in [6, 6.07) is 7.46. The lowest BCUT2D eigenvalue weighted by Crippen LogP contribution is -2.39. The smallest absolute Gasteiger partial charge is 0.253 e. The Labute approximate surface area is 118 Å². The maximum Gasteiger partial charge on any atom is 0.253 e. The van der Waals surface area contributed by atoms with Crippen molar-refractivity contribution in [1.82, 2.24) is 10.3 Å². The zero-order chi connectivity index (χ0) is 14.8. The third kappa shape index (κ3) is 2.88. The van der Waals surface area contributed by atoms with E-state index in [0.29, 0.717) is 17.9 Å². The van der Waals surface area contributed by atoms with Gasteiger partial charge in [-0.2, -0.15) is 0 Å². The van der Waals surface area contributed by atoms with Crippen LogP contribution in [0, 0.1) is 0 Å². The Morgan fingerprint density at radius 1 is 1.35 bits per heavy atom. The summed E-state index contributed by atoms with van der Waals surface area (Å²) in [6.45, 7) is 4.24. The predicted molar refractivity (Wildman–Crippen MR) is 79.6 cm³/mol. The van der Waals surface area contributed by atoms with Crippen molar-refractivity contribution in [1.29, 1.82) is 0 Å². The van der Waals surface area contributed by atoms with E-state index >= 15 is 0 Å². The molecule has 0 aliphatic carbocycles. The van der Waals surface area contributed by atoms with E-state index in [-0.39, 0.29) is 5.91 Å². The molecule has 1 aromatic carbocycles. The number of nitrogens with zero attached hydrogens (tertiary/aromatic N) is 1. The summed E-state index contributed by atoms with van der Waals surface area (Å²) in [5.74, 6) is 0.244. The van der Waals surface area contributed by atoms with Gasteiger partial charge in [-0.15, -0.1) is 0 Å². The van der Waals surface area contributed by atoms with Crippen LogP contribution in [0.15, 0.2) is 30.5 Å². The topological polar surface area (TPSA) is 77.2 Å². The van der Waals surface area contributed by atoms with E-state index < -0.39 is 5.60 Å². The second kappa shape index (κ2) is 5.46. The number of aromatic nitrogens is 1. The molecule has 106 valence electrons. The molecule has 0 bridgehead atoms. The second-order valence-electron chi connectivity index (χ2n) is 5.25. The normalized spacial score (nSPS) is 11.6. The molecule has 2 rings (SSSR count). The van der Waals surface area contributed by atoms with Crippen molar-refractivity contribution in [3.63, 3.8) is 0 Å². The summed E-state index contributed by atoms with van der Waals surface area (Å²) in [6.07, 6.45) is 1.51. The summed E-state index contributed by atoms with van der Waals surface area (Å²) in [7, 11) is 1.62. The highest BCUT2D eigenvalue weighted by Crippen LogP contribution is 2.22. The van der Waals surface area contributed by atoms with E-state index in [1.807, 2.05) is 38.1 Å². The first-order valence-electron chi connectivity index (χ1n) is 6.41. The molecule has 2 aromatic rings. The molecule has 0 radical (unpaired) electrons. The van der Waals surface area contributed by atoms with Crippen molar-refractivity contribution in [3.05, 3.63) is 36.0 Å². The minimum Gasteiger partial charge on any atom is -0.383 e. The van der Waals surface area contributed by atoms with Gasteiger partial charge in [-0.05, 0) is 19.2 Å². The molecule has 1 aromatic heterocycles. The molecule has 5 nitrogen and oxygen atoms in total. The SMILES string of the molecule is COC(C)(C)CNC(=O)c1cnc(N)c2ccccc12. The molecule has 1 amide bonds. The molecule has 0 spiro atoms. The third-order valence-corrected chi connectivity index (χ3v) is 3.30. The highest BCUT2D eigenvalue weighted by Gasteiger charge is 2.19.